The van der Waals surface area contributed by atoms with E-state index in [-0.39, 0.29) is 5.41 Å². The van der Waals surface area contributed by atoms with Crippen LogP contribution in [0.4, 0.5) is 0 Å². The fourth-order valence-corrected chi connectivity index (χ4v) is 3.98. The van der Waals surface area contributed by atoms with E-state index in [0.717, 1.165) is 30.7 Å². The van der Waals surface area contributed by atoms with Crippen LogP contribution in [0.1, 0.15) is 43.4 Å². The topological polar surface area (TPSA) is 37.3 Å². The number of carboxylic acid groups (broad SMARTS) is 1. The Kier molecular flexibility index (Phi) is 4.10. The first-order valence-corrected chi connectivity index (χ1v) is 7.31. The Bertz CT molecular complexity index is 394. The predicted octanol–water partition coefficient (Wildman–Crippen LogP) is 4.37. The Morgan fingerprint density at radius 2 is 2.18 bits per heavy atom. The van der Waals surface area contributed by atoms with Crippen LogP contribution in [0.5, 0.6) is 0 Å². The molecule has 0 bridgehead atoms. The SMILES string of the molecule is O=C(O)CC1(CCc2sccc2Cl)CCCC1. The van der Waals surface area contributed by atoms with Gasteiger partial charge in [0.25, 0.3) is 0 Å². The van der Waals surface area contributed by atoms with Crippen LogP contribution in [0, 0.1) is 5.41 Å². The minimum absolute atomic E-state index is 0.0269. The van der Waals surface area contributed by atoms with Gasteiger partial charge in [0.2, 0.25) is 0 Å². The summed E-state index contributed by atoms with van der Waals surface area (Å²) in [7, 11) is 0. The lowest BCUT2D eigenvalue weighted by atomic mass is 9.78. The lowest BCUT2D eigenvalue weighted by molar-refractivity contribution is -0.139. The Balaban J connectivity index is 1.99. The van der Waals surface area contributed by atoms with Gasteiger partial charge in [0, 0.05) is 4.88 Å². The molecule has 0 aromatic carbocycles. The van der Waals surface area contributed by atoms with Gasteiger partial charge in [-0.25, -0.2) is 0 Å². The molecule has 4 heteroatoms. The standard InChI is InChI=1S/C13H17ClO2S/c14-10-4-8-17-11(10)3-7-13(9-12(15)16)5-1-2-6-13/h4,8H,1-3,5-7,9H2,(H,15,16). The number of carbonyl (C=O) groups is 1. The number of halogens is 1. The highest BCUT2D eigenvalue weighted by molar-refractivity contribution is 7.10. The Labute approximate surface area is 111 Å². The molecule has 94 valence electrons. The maximum atomic E-state index is 11.0. The molecular weight excluding hydrogens is 256 g/mol. The van der Waals surface area contributed by atoms with Crippen molar-refractivity contribution < 1.29 is 9.90 Å². The van der Waals surface area contributed by atoms with Crippen molar-refractivity contribution in [1.29, 1.82) is 0 Å². The fraction of sp³-hybridized carbons (Fsp3) is 0.615. The molecule has 2 nitrogen and oxygen atoms in total. The van der Waals surface area contributed by atoms with Gasteiger partial charge in [-0.2, -0.15) is 0 Å². The van der Waals surface area contributed by atoms with Crippen molar-refractivity contribution in [3.63, 3.8) is 0 Å². The lowest BCUT2D eigenvalue weighted by Gasteiger charge is -2.26. The fourth-order valence-electron chi connectivity index (χ4n) is 2.84. The first-order chi connectivity index (χ1) is 8.11. The second-order valence-electron chi connectivity index (χ2n) is 4.97. The zero-order chi connectivity index (χ0) is 12.3. The summed E-state index contributed by atoms with van der Waals surface area (Å²) in [5.41, 5.74) is 0.0269. The molecule has 1 aromatic rings. The van der Waals surface area contributed by atoms with Crippen molar-refractivity contribution in [3.8, 4) is 0 Å². The monoisotopic (exact) mass is 272 g/mol. The number of thiophene rings is 1. The zero-order valence-electron chi connectivity index (χ0n) is 9.75. The molecule has 1 aliphatic rings. The summed E-state index contributed by atoms with van der Waals surface area (Å²) in [4.78, 5) is 12.2. The van der Waals surface area contributed by atoms with Gasteiger partial charge in [-0.1, -0.05) is 24.4 Å². The van der Waals surface area contributed by atoms with E-state index in [9.17, 15) is 4.79 Å². The van der Waals surface area contributed by atoms with E-state index in [0.29, 0.717) is 6.42 Å². The van der Waals surface area contributed by atoms with E-state index < -0.39 is 5.97 Å². The average molecular weight is 273 g/mol. The molecule has 17 heavy (non-hydrogen) atoms. The van der Waals surface area contributed by atoms with E-state index in [1.165, 1.54) is 17.7 Å². The number of aryl methyl sites for hydroxylation is 1. The number of hydrogen-bond acceptors (Lipinski definition) is 2. The quantitative estimate of drug-likeness (QED) is 0.864. The van der Waals surface area contributed by atoms with Gasteiger partial charge >= 0.3 is 5.97 Å². The van der Waals surface area contributed by atoms with Crippen molar-refractivity contribution >= 4 is 28.9 Å². The molecule has 1 fully saturated rings. The number of carboxylic acids is 1. The Morgan fingerprint density at radius 1 is 1.47 bits per heavy atom. The first-order valence-electron chi connectivity index (χ1n) is 6.05. The van der Waals surface area contributed by atoms with Gasteiger partial charge in [-0.05, 0) is 42.5 Å². The summed E-state index contributed by atoms with van der Waals surface area (Å²) in [5, 5.41) is 11.9. The maximum absolute atomic E-state index is 11.0. The van der Waals surface area contributed by atoms with Crippen LogP contribution in [0.3, 0.4) is 0 Å². The van der Waals surface area contributed by atoms with Crippen LogP contribution >= 0.6 is 22.9 Å². The molecule has 0 radical (unpaired) electrons. The van der Waals surface area contributed by atoms with E-state index >= 15 is 0 Å². The second kappa shape index (κ2) is 5.40. The average Bonchev–Trinajstić information content (AvgIpc) is 2.85. The smallest absolute Gasteiger partial charge is 0.303 e. The lowest BCUT2D eigenvalue weighted by Crippen LogP contribution is -2.21. The molecule has 1 aliphatic carbocycles. The van der Waals surface area contributed by atoms with Gasteiger partial charge in [0.1, 0.15) is 0 Å². The minimum Gasteiger partial charge on any atom is -0.481 e. The summed E-state index contributed by atoms with van der Waals surface area (Å²) in [6, 6.07) is 1.92. The number of rotatable bonds is 5. The van der Waals surface area contributed by atoms with Gasteiger partial charge < -0.3 is 5.11 Å². The molecule has 0 amide bonds. The minimum atomic E-state index is -0.663. The molecule has 2 rings (SSSR count). The third kappa shape index (κ3) is 3.23. The van der Waals surface area contributed by atoms with Crippen molar-refractivity contribution in [2.45, 2.75) is 44.9 Å². The Hall–Kier alpha value is -0.540. The van der Waals surface area contributed by atoms with E-state index in [2.05, 4.69) is 0 Å². The molecule has 0 atom stereocenters. The van der Waals surface area contributed by atoms with Crippen LogP contribution in [-0.2, 0) is 11.2 Å². The summed E-state index contributed by atoms with van der Waals surface area (Å²) in [6.07, 6.45) is 6.65. The third-order valence-electron chi connectivity index (χ3n) is 3.76. The number of aliphatic carboxylic acids is 1. The molecule has 1 saturated carbocycles. The predicted molar refractivity (Wildman–Crippen MR) is 70.8 cm³/mol. The van der Waals surface area contributed by atoms with Crippen LogP contribution in [-0.4, -0.2) is 11.1 Å². The molecule has 0 unspecified atom stereocenters. The third-order valence-corrected chi connectivity index (χ3v) is 5.21. The molecular formula is C13H17ClO2S. The maximum Gasteiger partial charge on any atom is 0.303 e. The van der Waals surface area contributed by atoms with E-state index in [4.69, 9.17) is 16.7 Å². The second-order valence-corrected chi connectivity index (χ2v) is 6.38. The van der Waals surface area contributed by atoms with Crippen molar-refractivity contribution in [1.82, 2.24) is 0 Å². The van der Waals surface area contributed by atoms with Crippen molar-refractivity contribution in [3.05, 3.63) is 21.3 Å². The Morgan fingerprint density at radius 3 is 2.71 bits per heavy atom. The largest absolute Gasteiger partial charge is 0.481 e. The van der Waals surface area contributed by atoms with E-state index in [1.807, 2.05) is 11.4 Å². The zero-order valence-corrected chi connectivity index (χ0v) is 11.3. The van der Waals surface area contributed by atoms with Gasteiger partial charge in [0.05, 0.1) is 11.4 Å². The van der Waals surface area contributed by atoms with Gasteiger partial charge in [-0.3, -0.25) is 4.79 Å². The molecule has 1 N–H and O–H groups in total. The highest BCUT2D eigenvalue weighted by Gasteiger charge is 2.35. The molecule has 0 aliphatic heterocycles. The van der Waals surface area contributed by atoms with Gasteiger partial charge in [-0.15, -0.1) is 11.3 Å². The summed E-state index contributed by atoms with van der Waals surface area (Å²) in [5.74, 6) is -0.663. The van der Waals surface area contributed by atoms with Crippen molar-refractivity contribution in [2.75, 3.05) is 0 Å². The normalized spacial score (nSPS) is 18.4. The molecule has 0 saturated heterocycles. The first kappa shape index (κ1) is 12.9. The van der Waals surface area contributed by atoms with Crippen LogP contribution < -0.4 is 0 Å². The summed E-state index contributed by atoms with van der Waals surface area (Å²) >= 11 is 7.74. The van der Waals surface area contributed by atoms with Crippen molar-refractivity contribution in [2.24, 2.45) is 5.41 Å². The van der Waals surface area contributed by atoms with E-state index in [1.54, 1.807) is 11.3 Å². The van der Waals surface area contributed by atoms with Crippen LogP contribution in [0.25, 0.3) is 0 Å². The number of hydrogen-bond donors (Lipinski definition) is 1. The highest BCUT2D eigenvalue weighted by Crippen LogP contribution is 2.45. The molecule has 0 spiro atoms. The highest BCUT2D eigenvalue weighted by atomic mass is 35.5. The van der Waals surface area contributed by atoms with Gasteiger partial charge in [0.15, 0.2) is 0 Å². The van der Waals surface area contributed by atoms with Crippen LogP contribution in [0.15, 0.2) is 11.4 Å². The van der Waals surface area contributed by atoms with Crippen LogP contribution in [0.2, 0.25) is 5.02 Å². The molecule has 1 heterocycles. The summed E-state index contributed by atoms with van der Waals surface area (Å²) < 4.78 is 0. The molecule has 1 aromatic heterocycles. The summed E-state index contributed by atoms with van der Waals surface area (Å²) in [6.45, 7) is 0.